The third-order valence-corrected chi connectivity index (χ3v) is 6.99. The number of nitrogens with zero attached hydrogens (tertiary/aromatic N) is 2. The van der Waals surface area contributed by atoms with Crippen molar-refractivity contribution in [3.05, 3.63) is 87.0 Å². The Morgan fingerprint density at radius 1 is 1.00 bits per heavy atom. The highest BCUT2D eigenvalue weighted by atomic mass is 35.5. The number of aromatic hydroxyl groups is 2. The van der Waals surface area contributed by atoms with Crippen LogP contribution in [0.4, 0.5) is 16.2 Å². The lowest BCUT2D eigenvalue weighted by atomic mass is 9.99. The number of H-pyrrole nitrogens is 1. The van der Waals surface area contributed by atoms with Gasteiger partial charge in [-0.05, 0) is 42.8 Å². The third-order valence-electron chi connectivity index (χ3n) is 6.37. The number of anilines is 2. The van der Waals surface area contributed by atoms with E-state index < -0.39 is 6.03 Å². The van der Waals surface area contributed by atoms with Gasteiger partial charge in [-0.15, -0.1) is 0 Å². The van der Waals surface area contributed by atoms with E-state index in [1.54, 1.807) is 41.3 Å². The maximum Gasteiger partial charge on any atom is 0.323 e. The summed E-state index contributed by atoms with van der Waals surface area (Å²) in [4.78, 5) is 27.7. The highest BCUT2D eigenvalue weighted by molar-refractivity contribution is 6.34. The number of carbonyl (C=O) groups excluding carboxylic acids is 2. The molecule has 0 radical (unpaired) electrons. The van der Waals surface area contributed by atoms with Crippen LogP contribution < -0.4 is 10.6 Å². The predicted octanol–water partition coefficient (Wildman–Crippen LogP) is 5.95. The summed E-state index contributed by atoms with van der Waals surface area (Å²) in [6.45, 7) is 2.55. The molecule has 0 saturated heterocycles. The number of phenolic OH excluding ortho intramolecular Hbond substituents is 2. The lowest BCUT2D eigenvalue weighted by molar-refractivity contribution is 0.0734. The smallest absolute Gasteiger partial charge is 0.323 e. The Labute approximate surface area is 228 Å². The van der Waals surface area contributed by atoms with E-state index in [1.807, 2.05) is 13.0 Å². The molecular weight excluding hydrogens is 529 g/mol. The average molecular weight is 552 g/mol. The molecule has 0 aliphatic carbocycles. The average Bonchev–Trinajstić information content (AvgIpc) is 3.31. The number of halogens is 2. The van der Waals surface area contributed by atoms with Crippen molar-refractivity contribution in [3.63, 3.8) is 0 Å². The Hall–Kier alpha value is -4.21. The number of phenols is 2. The molecule has 3 amide bonds. The molecule has 1 aromatic heterocycles. The summed E-state index contributed by atoms with van der Waals surface area (Å²) in [5.74, 6) is -0.631. The lowest BCUT2D eigenvalue weighted by Gasteiger charge is -2.27. The van der Waals surface area contributed by atoms with Crippen molar-refractivity contribution < 1.29 is 19.8 Å². The molecule has 194 valence electrons. The molecule has 38 heavy (non-hydrogen) atoms. The van der Waals surface area contributed by atoms with E-state index in [1.165, 1.54) is 6.07 Å². The number of fused-ring (bicyclic) bond motifs is 1. The van der Waals surface area contributed by atoms with Gasteiger partial charge in [0.25, 0.3) is 5.91 Å². The van der Waals surface area contributed by atoms with Gasteiger partial charge in [0.1, 0.15) is 17.2 Å². The molecule has 5 N–H and O–H groups in total. The van der Waals surface area contributed by atoms with Gasteiger partial charge >= 0.3 is 6.03 Å². The van der Waals surface area contributed by atoms with Crippen molar-refractivity contribution >= 4 is 46.5 Å². The molecule has 1 aliphatic heterocycles. The Morgan fingerprint density at radius 2 is 1.79 bits per heavy atom. The van der Waals surface area contributed by atoms with Gasteiger partial charge in [-0.3, -0.25) is 9.89 Å². The van der Waals surface area contributed by atoms with Crippen LogP contribution in [0.5, 0.6) is 11.5 Å². The normalized spacial score (nSPS) is 12.7. The van der Waals surface area contributed by atoms with Crippen molar-refractivity contribution in [2.45, 2.75) is 19.9 Å². The summed E-state index contributed by atoms with van der Waals surface area (Å²) in [6, 6.07) is 14.1. The molecule has 1 aliphatic rings. The molecule has 2 heterocycles. The standard InChI is InChI=1S/C27H23Cl2N5O4/c1-14-4-2-7-19(28)24(14)31-27(38)30-16-6-3-5-15(10-16)26(37)34-9-8-21-18(13-34)25(33-32-21)17-11-20(29)23(36)12-22(17)35/h2-7,10-12,35-36H,8-9,13H2,1H3,(H,32,33)(H2,30,31,38). The van der Waals surface area contributed by atoms with Crippen LogP contribution in [0.25, 0.3) is 11.3 Å². The number of rotatable bonds is 4. The minimum atomic E-state index is -0.483. The Kier molecular flexibility index (Phi) is 6.88. The fourth-order valence-corrected chi connectivity index (χ4v) is 4.84. The molecular formula is C27H23Cl2N5O4. The molecule has 0 fully saturated rings. The second kappa shape index (κ2) is 10.3. The van der Waals surface area contributed by atoms with E-state index in [-0.39, 0.29) is 29.0 Å². The van der Waals surface area contributed by atoms with Crippen molar-refractivity contribution in [1.82, 2.24) is 15.1 Å². The highest BCUT2D eigenvalue weighted by Gasteiger charge is 2.28. The van der Waals surface area contributed by atoms with Gasteiger partial charge in [-0.25, -0.2) is 4.79 Å². The molecule has 11 heteroatoms. The van der Waals surface area contributed by atoms with Gasteiger partial charge < -0.3 is 25.7 Å². The van der Waals surface area contributed by atoms with Crippen LogP contribution in [0.15, 0.2) is 54.6 Å². The van der Waals surface area contributed by atoms with Crippen molar-refractivity contribution in [3.8, 4) is 22.8 Å². The van der Waals surface area contributed by atoms with Crippen molar-refractivity contribution in [1.29, 1.82) is 0 Å². The highest BCUT2D eigenvalue weighted by Crippen LogP contribution is 2.39. The first-order valence-corrected chi connectivity index (χ1v) is 12.5. The first-order valence-electron chi connectivity index (χ1n) is 11.7. The second-order valence-electron chi connectivity index (χ2n) is 8.92. The predicted molar refractivity (Wildman–Crippen MR) is 146 cm³/mol. The first-order chi connectivity index (χ1) is 18.2. The number of carbonyl (C=O) groups is 2. The number of benzene rings is 3. The number of para-hydroxylation sites is 1. The molecule has 5 rings (SSSR count). The van der Waals surface area contributed by atoms with Gasteiger partial charge in [0.05, 0.1) is 15.7 Å². The van der Waals surface area contributed by atoms with E-state index in [0.29, 0.717) is 46.2 Å². The van der Waals surface area contributed by atoms with Crippen LogP contribution in [-0.2, 0) is 13.0 Å². The molecule has 0 atom stereocenters. The molecule has 0 bridgehead atoms. The fourth-order valence-electron chi connectivity index (χ4n) is 4.41. The lowest BCUT2D eigenvalue weighted by Crippen LogP contribution is -2.36. The van der Waals surface area contributed by atoms with Gasteiger partial charge in [-0.1, -0.05) is 41.4 Å². The number of hydrogen-bond acceptors (Lipinski definition) is 5. The number of hydrogen-bond donors (Lipinski definition) is 5. The number of nitrogens with one attached hydrogen (secondary N) is 3. The van der Waals surface area contributed by atoms with Gasteiger partial charge in [-0.2, -0.15) is 5.10 Å². The number of aryl methyl sites for hydroxylation is 1. The van der Waals surface area contributed by atoms with E-state index in [9.17, 15) is 19.8 Å². The Morgan fingerprint density at radius 3 is 2.58 bits per heavy atom. The quantitative estimate of drug-likeness (QED) is 0.214. The van der Waals surface area contributed by atoms with Gasteiger partial charge in [0, 0.05) is 53.6 Å². The van der Waals surface area contributed by atoms with E-state index in [0.717, 1.165) is 22.9 Å². The van der Waals surface area contributed by atoms with Crippen LogP contribution in [0, 0.1) is 6.92 Å². The van der Waals surface area contributed by atoms with Gasteiger partial charge in [0.15, 0.2) is 0 Å². The summed E-state index contributed by atoms with van der Waals surface area (Å²) < 4.78 is 0. The minimum absolute atomic E-state index is 0.0799. The maximum absolute atomic E-state index is 13.4. The SMILES string of the molecule is Cc1cccc(Cl)c1NC(=O)Nc1cccc(C(=O)N2CCc3[nH]nc(-c4cc(Cl)c(O)cc4O)c3C2)c1. The zero-order valence-corrected chi connectivity index (χ0v) is 21.7. The third kappa shape index (κ3) is 4.98. The number of aromatic nitrogens is 2. The topological polar surface area (TPSA) is 131 Å². The van der Waals surface area contributed by atoms with Crippen LogP contribution in [0.3, 0.4) is 0 Å². The number of aromatic amines is 1. The van der Waals surface area contributed by atoms with E-state index in [4.69, 9.17) is 23.2 Å². The summed E-state index contributed by atoms with van der Waals surface area (Å²) in [5, 5.41) is 33.4. The Bertz CT molecular complexity index is 1550. The zero-order valence-electron chi connectivity index (χ0n) is 20.2. The van der Waals surface area contributed by atoms with Crippen LogP contribution in [0.2, 0.25) is 10.0 Å². The number of urea groups is 1. The van der Waals surface area contributed by atoms with Crippen molar-refractivity contribution in [2.24, 2.45) is 0 Å². The van der Waals surface area contributed by atoms with E-state index >= 15 is 0 Å². The molecule has 0 spiro atoms. The van der Waals surface area contributed by atoms with Crippen LogP contribution in [0.1, 0.15) is 27.2 Å². The summed E-state index contributed by atoms with van der Waals surface area (Å²) in [5.41, 5.74) is 4.61. The summed E-state index contributed by atoms with van der Waals surface area (Å²) >= 11 is 12.3. The van der Waals surface area contributed by atoms with E-state index in [2.05, 4.69) is 20.8 Å². The summed E-state index contributed by atoms with van der Waals surface area (Å²) in [6.07, 6.45) is 0.540. The largest absolute Gasteiger partial charge is 0.507 e. The molecule has 0 unspecified atom stereocenters. The monoisotopic (exact) mass is 551 g/mol. The van der Waals surface area contributed by atoms with Crippen LogP contribution in [-0.4, -0.2) is 43.8 Å². The number of amides is 3. The van der Waals surface area contributed by atoms with Crippen LogP contribution >= 0.6 is 23.2 Å². The van der Waals surface area contributed by atoms with Gasteiger partial charge in [0.2, 0.25) is 0 Å². The minimum Gasteiger partial charge on any atom is -0.507 e. The second-order valence-corrected chi connectivity index (χ2v) is 9.73. The summed E-state index contributed by atoms with van der Waals surface area (Å²) in [7, 11) is 0. The molecule has 4 aromatic rings. The molecule has 9 nitrogen and oxygen atoms in total. The first kappa shape index (κ1) is 25.4. The zero-order chi connectivity index (χ0) is 27.0. The van der Waals surface area contributed by atoms with Crippen molar-refractivity contribution in [2.75, 3.05) is 17.2 Å². The maximum atomic E-state index is 13.4. The molecule has 3 aromatic carbocycles. The fraction of sp³-hybridized carbons (Fsp3) is 0.148. The molecule has 0 saturated carbocycles. The Balaban J connectivity index is 1.33.